The maximum Gasteiger partial charge on any atom is 0.0795 e. The minimum Gasteiger partial charge on any atom is -0.374 e. The van der Waals surface area contributed by atoms with Gasteiger partial charge in [0.2, 0.25) is 0 Å². The molecule has 4 heteroatoms. The van der Waals surface area contributed by atoms with Crippen LogP contribution in [-0.2, 0) is 4.74 Å². The molecule has 2 saturated heterocycles. The first kappa shape index (κ1) is 12.7. The molecule has 16 heavy (non-hydrogen) atoms. The molecular formula is C12H24N2OS. The smallest absolute Gasteiger partial charge is 0.0795 e. The Balaban J connectivity index is 1.95. The molecule has 0 aromatic heterocycles. The van der Waals surface area contributed by atoms with E-state index in [1.807, 2.05) is 11.8 Å². The number of nitrogens with two attached hydrogens (primary N) is 1. The Bertz CT molecular complexity index is 231. The highest BCUT2D eigenvalue weighted by atomic mass is 32.2. The van der Waals surface area contributed by atoms with Gasteiger partial charge in [-0.25, -0.2) is 0 Å². The average Bonchev–Trinajstić information content (AvgIpc) is 2.75. The van der Waals surface area contributed by atoms with E-state index in [4.69, 9.17) is 10.5 Å². The molecule has 2 aliphatic heterocycles. The third-order valence-corrected chi connectivity index (χ3v) is 5.37. The highest BCUT2D eigenvalue weighted by Crippen LogP contribution is 2.39. The van der Waals surface area contributed by atoms with Crippen molar-refractivity contribution < 1.29 is 4.74 Å². The fourth-order valence-electron chi connectivity index (χ4n) is 2.74. The lowest BCUT2D eigenvalue weighted by Gasteiger charge is -2.43. The Hall–Kier alpha value is 0.230. The lowest BCUT2D eigenvalue weighted by Crippen LogP contribution is -2.51. The Morgan fingerprint density at radius 3 is 3.06 bits per heavy atom. The molecule has 0 saturated carbocycles. The first-order chi connectivity index (χ1) is 7.67. The minimum absolute atomic E-state index is 0.191. The summed E-state index contributed by atoms with van der Waals surface area (Å²) in [6, 6.07) is 1.14. The van der Waals surface area contributed by atoms with Crippen LogP contribution in [0.1, 0.15) is 26.2 Å². The van der Waals surface area contributed by atoms with E-state index in [1.165, 1.54) is 24.3 Å². The van der Waals surface area contributed by atoms with E-state index in [-0.39, 0.29) is 5.60 Å². The Morgan fingerprint density at radius 1 is 1.62 bits per heavy atom. The second kappa shape index (κ2) is 5.25. The summed E-state index contributed by atoms with van der Waals surface area (Å²) in [5, 5.41) is 0. The van der Waals surface area contributed by atoms with Crippen LogP contribution in [-0.4, -0.2) is 54.3 Å². The first-order valence-corrected chi connectivity index (χ1v) is 7.46. The molecule has 94 valence electrons. The van der Waals surface area contributed by atoms with E-state index in [0.717, 1.165) is 19.6 Å². The molecule has 2 aliphatic rings. The Morgan fingerprint density at radius 2 is 2.44 bits per heavy atom. The van der Waals surface area contributed by atoms with Gasteiger partial charge in [0.1, 0.15) is 0 Å². The zero-order chi connectivity index (χ0) is 11.6. The summed E-state index contributed by atoms with van der Waals surface area (Å²) in [6.07, 6.45) is 3.59. The number of likely N-dealkylation sites (N-methyl/N-ethyl adjacent to an activating group) is 1. The van der Waals surface area contributed by atoms with Gasteiger partial charge in [0.15, 0.2) is 0 Å². The lowest BCUT2D eigenvalue weighted by atomic mass is 9.88. The fourth-order valence-corrected chi connectivity index (χ4v) is 4.12. The van der Waals surface area contributed by atoms with Crippen LogP contribution in [0.2, 0.25) is 0 Å². The van der Waals surface area contributed by atoms with Gasteiger partial charge >= 0.3 is 0 Å². The van der Waals surface area contributed by atoms with Gasteiger partial charge in [0, 0.05) is 31.0 Å². The molecule has 0 aromatic carbocycles. The van der Waals surface area contributed by atoms with Crippen LogP contribution < -0.4 is 5.73 Å². The van der Waals surface area contributed by atoms with E-state index in [9.17, 15) is 0 Å². The third-order valence-electron chi connectivity index (χ3n) is 4.15. The SMILES string of the molecule is CC(CN)N(C)C1CCOC2(CCSC2)C1. The topological polar surface area (TPSA) is 38.5 Å². The fraction of sp³-hybridized carbons (Fsp3) is 1.00. The molecule has 0 aromatic rings. The quantitative estimate of drug-likeness (QED) is 0.812. The average molecular weight is 244 g/mol. The molecule has 0 radical (unpaired) electrons. The Labute approximate surface area is 103 Å². The zero-order valence-electron chi connectivity index (χ0n) is 10.4. The van der Waals surface area contributed by atoms with Crippen LogP contribution in [0.4, 0.5) is 0 Å². The number of ether oxygens (including phenoxy) is 1. The molecular weight excluding hydrogens is 220 g/mol. The van der Waals surface area contributed by atoms with Gasteiger partial charge in [-0.05, 0) is 39.0 Å². The summed E-state index contributed by atoms with van der Waals surface area (Å²) in [5.74, 6) is 2.46. The molecule has 1 spiro atoms. The zero-order valence-corrected chi connectivity index (χ0v) is 11.3. The van der Waals surface area contributed by atoms with Crippen molar-refractivity contribution >= 4 is 11.8 Å². The number of nitrogens with zero attached hydrogens (tertiary/aromatic N) is 1. The molecule has 3 nitrogen and oxygen atoms in total. The highest BCUT2D eigenvalue weighted by Gasteiger charge is 2.41. The van der Waals surface area contributed by atoms with Crippen molar-refractivity contribution in [2.75, 3.05) is 31.7 Å². The summed E-state index contributed by atoms with van der Waals surface area (Å²) in [6.45, 7) is 3.88. The van der Waals surface area contributed by atoms with E-state index >= 15 is 0 Å². The maximum absolute atomic E-state index is 6.04. The van der Waals surface area contributed by atoms with Gasteiger partial charge in [0.25, 0.3) is 0 Å². The number of hydrogen-bond donors (Lipinski definition) is 1. The maximum atomic E-state index is 6.04. The van der Waals surface area contributed by atoms with Crippen molar-refractivity contribution in [1.29, 1.82) is 0 Å². The second-order valence-electron chi connectivity index (χ2n) is 5.23. The lowest BCUT2D eigenvalue weighted by molar-refractivity contribution is -0.0900. The molecule has 0 amide bonds. The van der Waals surface area contributed by atoms with Crippen LogP contribution in [0.3, 0.4) is 0 Å². The largest absolute Gasteiger partial charge is 0.374 e. The molecule has 2 N–H and O–H groups in total. The molecule has 3 atom stereocenters. The Kier molecular flexibility index (Phi) is 4.16. The third kappa shape index (κ3) is 2.55. The summed E-state index contributed by atoms with van der Waals surface area (Å²) >= 11 is 2.04. The molecule has 2 rings (SSSR count). The van der Waals surface area contributed by atoms with E-state index in [0.29, 0.717) is 12.1 Å². The van der Waals surface area contributed by atoms with Gasteiger partial charge < -0.3 is 10.5 Å². The van der Waals surface area contributed by atoms with Crippen LogP contribution in [0.15, 0.2) is 0 Å². The van der Waals surface area contributed by atoms with Crippen LogP contribution in [0.25, 0.3) is 0 Å². The summed E-state index contributed by atoms with van der Waals surface area (Å²) in [4.78, 5) is 2.45. The summed E-state index contributed by atoms with van der Waals surface area (Å²) in [5.41, 5.74) is 5.94. The number of rotatable bonds is 3. The highest BCUT2D eigenvalue weighted by molar-refractivity contribution is 7.99. The normalized spacial score (nSPS) is 37.1. The van der Waals surface area contributed by atoms with Crippen LogP contribution in [0, 0.1) is 0 Å². The predicted molar refractivity (Wildman–Crippen MR) is 69.9 cm³/mol. The monoisotopic (exact) mass is 244 g/mol. The van der Waals surface area contributed by atoms with Gasteiger partial charge in [-0.1, -0.05) is 0 Å². The van der Waals surface area contributed by atoms with E-state index in [2.05, 4.69) is 18.9 Å². The standard InChI is InChI=1S/C12H24N2OS/c1-10(8-13)14(2)11-3-5-15-12(7-11)4-6-16-9-12/h10-11H,3-9,13H2,1-2H3. The number of thioether (sulfide) groups is 1. The van der Waals surface area contributed by atoms with Crippen LogP contribution >= 0.6 is 11.8 Å². The predicted octanol–water partition coefficient (Wildman–Crippen LogP) is 1.32. The first-order valence-electron chi connectivity index (χ1n) is 6.30. The van der Waals surface area contributed by atoms with Crippen molar-refractivity contribution in [3.05, 3.63) is 0 Å². The number of hydrogen-bond acceptors (Lipinski definition) is 4. The molecule has 3 unspecified atom stereocenters. The van der Waals surface area contributed by atoms with Crippen molar-refractivity contribution in [3.63, 3.8) is 0 Å². The molecule has 2 fully saturated rings. The molecule has 2 heterocycles. The van der Waals surface area contributed by atoms with Gasteiger partial charge in [-0.3, -0.25) is 4.90 Å². The van der Waals surface area contributed by atoms with Gasteiger partial charge in [-0.2, -0.15) is 11.8 Å². The van der Waals surface area contributed by atoms with Crippen molar-refractivity contribution in [1.82, 2.24) is 4.90 Å². The van der Waals surface area contributed by atoms with E-state index < -0.39 is 0 Å². The van der Waals surface area contributed by atoms with E-state index in [1.54, 1.807) is 0 Å². The van der Waals surface area contributed by atoms with Crippen molar-refractivity contribution in [2.24, 2.45) is 5.73 Å². The second-order valence-corrected chi connectivity index (χ2v) is 6.34. The summed E-state index contributed by atoms with van der Waals surface area (Å²) in [7, 11) is 2.21. The van der Waals surface area contributed by atoms with Gasteiger partial charge in [-0.15, -0.1) is 0 Å². The summed E-state index contributed by atoms with van der Waals surface area (Å²) < 4.78 is 6.04. The van der Waals surface area contributed by atoms with Crippen molar-refractivity contribution in [2.45, 2.75) is 43.9 Å². The minimum atomic E-state index is 0.191. The molecule has 0 aliphatic carbocycles. The van der Waals surface area contributed by atoms with Crippen LogP contribution in [0.5, 0.6) is 0 Å². The van der Waals surface area contributed by atoms with Gasteiger partial charge in [0.05, 0.1) is 5.60 Å². The molecule has 0 bridgehead atoms. The van der Waals surface area contributed by atoms with Crippen molar-refractivity contribution in [3.8, 4) is 0 Å².